The van der Waals surface area contributed by atoms with Crippen LogP contribution in [0.4, 0.5) is 0 Å². The van der Waals surface area contributed by atoms with Crippen LogP contribution in [0.25, 0.3) is 0 Å². The van der Waals surface area contributed by atoms with Crippen LogP contribution in [0.15, 0.2) is 82.7 Å². The van der Waals surface area contributed by atoms with Crippen LogP contribution in [0.1, 0.15) is 35.6 Å². The Morgan fingerprint density at radius 1 is 1.00 bits per heavy atom. The van der Waals surface area contributed by atoms with Gasteiger partial charge in [-0.05, 0) is 60.4 Å². The summed E-state index contributed by atoms with van der Waals surface area (Å²) >= 11 is 3.53. The fourth-order valence-electron chi connectivity index (χ4n) is 3.62. The molecule has 0 radical (unpaired) electrons. The average Bonchev–Trinajstić information content (AvgIpc) is 2.68. The minimum absolute atomic E-state index is 0.467. The number of aryl methyl sites for hydroxylation is 1. The van der Waals surface area contributed by atoms with Gasteiger partial charge in [-0.25, -0.2) is 0 Å². The average molecular weight is 409 g/mol. The second-order valence-corrected chi connectivity index (χ2v) is 7.39. The Kier molecular flexibility index (Phi) is 5.52. The molecule has 3 nitrogen and oxygen atoms in total. The van der Waals surface area contributed by atoms with Crippen LogP contribution in [-0.4, -0.2) is 15.9 Å². The van der Waals surface area contributed by atoms with E-state index >= 15 is 0 Å². The van der Waals surface area contributed by atoms with Crippen molar-refractivity contribution in [1.82, 2.24) is 4.98 Å². The lowest BCUT2D eigenvalue weighted by molar-refractivity contribution is 0.316. The summed E-state index contributed by atoms with van der Waals surface area (Å²) in [4.78, 5) is 4.19. The quantitative estimate of drug-likeness (QED) is 0.333. The van der Waals surface area contributed by atoms with Crippen LogP contribution in [-0.2, 0) is 5.41 Å². The third-order valence-corrected chi connectivity index (χ3v) is 5.34. The highest BCUT2D eigenvalue weighted by atomic mass is 79.9. The van der Waals surface area contributed by atoms with Crippen LogP contribution >= 0.6 is 15.9 Å². The molecule has 0 amide bonds. The molecule has 3 aromatic rings. The first-order chi connectivity index (χ1) is 12.6. The van der Waals surface area contributed by atoms with Crippen molar-refractivity contribution >= 4 is 21.6 Å². The zero-order valence-corrected chi connectivity index (χ0v) is 16.4. The summed E-state index contributed by atoms with van der Waals surface area (Å²) in [6.45, 7) is 3.97. The smallest absolute Gasteiger partial charge is 0.0555 e. The topological polar surface area (TPSA) is 45.5 Å². The molecule has 0 bridgehead atoms. The van der Waals surface area contributed by atoms with Crippen molar-refractivity contribution in [3.8, 4) is 0 Å². The minimum Gasteiger partial charge on any atom is -0.411 e. The van der Waals surface area contributed by atoms with Gasteiger partial charge in [0.15, 0.2) is 0 Å². The SMILES string of the molecule is C/C(C[C@](c1ccncc1)(c1ccc(Br)cc1)c1ccccc1C)=N/O. The van der Waals surface area contributed by atoms with Gasteiger partial charge in [-0.1, -0.05) is 57.5 Å². The van der Waals surface area contributed by atoms with E-state index in [-0.39, 0.29) is 0 Å². The number of aromatic nitrogens is 1. The highest BCUT2D eigenvalue weighted by Crippen LogP contribution is 2.44. The molecule has 0 spiro atoms. The van der Waals surface area contributed by atoms with Gasteiger partial charge in [0.25, 0.3) is 0 Å². The summed E-state index contributed by atoms with van der Waals surface area (Å²) in [6, 6.07) is 20.8. The fourth-order valence-corrected chi connectivity index (χ4v) is 3.88. The van der Waals surface area contributed by atoms with Crippen molar-refractivity contribution in [2.24, 2.45) is 5.16 Å². The van der Waals surface area contributed by atoms with E-state index < -0.39 is 5.41 Å². The Morgan fingerprint density at radius 3 is 2.23 bits per heavy atom. The van der Waals surface area contributed by atoms with E-state index in [1.807, 2.05) is 37.5 Å². The van der Waals surface area contributed by atoms with E-state index in [0.29, 0.717) is 12.1 Å². The summed E-state index contributed by atoms with van der Waals surface area (Å²) in [5, 5.41) is 12.9. The first-order valence-corrected chi connectivity index (χ1v) is 9.27. The predicted octanol–water partition coefficient (Wildman–Crippen LogP) is 5.73. The molecule has 0 saturated heterocycles. The van der Waals surface area contributed by atoms with Gasteiger partial charge < -0.3 is 5.21 Å². The maximum atomic E-state index is 9.42. The molecule has 2 aromatic carbocycles. The molecule has 0 fully saturated rings. The molecule has 3 rings (SSSR count). The van der Waals surface area contributed by atoms with Gasteiger partial charge in [0.05, 0.1) is 11.1 Å². The van der Waals surface area contributed by atoms with E-state index in [2.05, 4.69) is 75.5 Å². The molecular formula is C22H21BrN2O. The first-order valence-electron chi connectivity index (χ1n) is 8.48. The Morgan fingerprint density at radius 2 is 1.62 bits per heavy atom. The van der Waals surface area contributed by atoms with Crippen molar-refractivity contribution in [3.63, 3.8) is 0 Å². The minimum atomic E-state index is -0.467. The van der Waals surface area contributed by atoms with Gasteiger partial charge in [-0.3, -0.25) is 4.98 Å². The molecule has 26 heavy (non-hydrogen) atoms. The number of pyridine rings is 1. The highest BCUT2D eigenvalue weighted by Gasteiger charge is 2.38. The lowest BCUT2D eigenvalue weighted by atomic mass is 9.65. The van der Waals surface area contributed by atoms with Gasteiger partial charge >= 0.3 is 0 Å². The number of hydrogen-bond acceptors (Lipinski definition) is 3. The molecule has 0 aliphatic rings. The molecule has 1 atom stereocenters. The number of rotatable bonds is 5. The van der Waals surface area contributed by atoms with Crippen LogP contribution in [0.3, 0.4) is 0 Å². The summed E-state index contributed by atoms with van der Waals surface area (Å²) in [5.41, 5.74) is 4.85. The van der Waals surface area contributed by atoms with Crippen molar-refractivity contribution in [3.05, 3.63) is 99.8 Å². The van der Waals surface area contributed by atoms with E-state index in [1.165, 1.54) is 11.1 Å². The summed E-state index contributed by atoms with van der Waals surface area (Å²) in [7, 11) is 0. The maximum absolute atomic E-state index is 9.42. The molecule has 1 aromatic heterocycles. The van der Waals surface area contributed by atoms with E-state index in [0.717, 1.165) is 15.6 Å². The van der Waals surface area contributed by atoms with Gasteiger partial charge in [-0.15, -0.1) is 0 Å². The summed E-state index contributed by atoms with van der Waals surface area (Å²) in [6.07, 6.45) is 4.19. The van der Waals surface area contributed by atoms with Crippen LogP contribution in [0, 0.1) is 6.92 Å². The number of oxime groups is 1. The molecular weight excluding hydrogens is 388 g/mol. The molecule has 0 unspecified atom stereocenters. The monoisotopic (exact) mass is 408 g/mol. The van der Waals surface area contributed by atoms with E-state index in [1.54, 1.807) is 0 Å². The summed E-state index contributed by atoms with van der Waals surface area (Å²) < 4.78 is 1.03. The Bertz CT molecular complexity index is 907. The second kappa shape index (κ2) is 7.83. The maximum Gasteiger partial charge on any atom is 0.0555 e. The zero-order valence-electron chi connectivity index (χ0n) is 14.9. The van der Waals surface area contributed by atoms with Gasteiger partial charge in [0.2, 0.25) is 0 Å². The number of hydrogen-bond donors (Lipinski definition) is 1. The van der Waals surface area contributed by atoms with Crippen molar-refractivity contribution in [2.75, 3.05) is 0 Å². The van der Waals surface area contributed by atoms with E-state index in [9.17, 15) is 5.21 Å². The predicted molar refractivity (Wildman–Crippen MR) is 109 cm³/mol. The first kappa shape index (κ1) is 18.3. The van der Waals surface area contributed by atoms with Crippen molar-refractivity contribution in [2.45, 2.75) is 25.7 Å². The lowest BCUT2D eigenvalue weighted by Gasteiger charge is -2.37. The van der Waals surface area contributed by atoms with Crippen LogP contribution < -0.4 is 0 Å². The third-order valence-electron chi connectivity index (χ3n) is 4.81. The van der Waals surface area contributed by atoms with E-state index in [4.69, 9.17) is 0 Å². The number of halogens is 1. The fraction of sp³-hybridized carbons (Fsp3) is 0.182. The summed E-state index contributed by atoms with van der Waals surface area (Å²) in [5.74, 6) is 0. The molecule has 4 heteroatoms. The molecule has 1 heterocycles. The van der Waals surface area contributed by atoms with Gasteiger partial charge in [0.1, 0.15) is 0 Å². The molecule has 0 aliphatic carbocycles. The highest BCUT2D eigenvalue weighted by molar-refractivity contribution is 9.10. The lowest BCUT2D eigenvalue weighted by Crippen LogP contribution is -2.32. The Balaban J connectivity index is 2.38. The molecule has 0 aliphatic heterocycles. The normalized spacial score (nSPS) is 14.0. The molecule has 1 N–H and O–H groups in total. The van der Waals surface area contributed by atoms with Gasteiger partial charge in [0, 0.05) is 23.3 Å². The standard InChI is InChI=1S/C22H21BrN2O/c1-16-5-3-4-6-21(16)22(15-17(2)25-26,19-11-13-24-14-12-19)18-7-9-20(23)10-8-18/h3-14,26H,15H2,1-2H3/b25-17-/t22-/m1/s1. The number of benzene rings is 2. The zero-order chi connectivity index (χ0) is 18.6. The van der Waals surface area contributed by atoms with Crippen molar-refractivity contribution in [1.29, 1.82) is 0 Å². The molecule has 132 valence electrons. The third kappa shape index (κ3) is 3.42. The Labute approximate surface area is 162 Å². The van der Waals surface area contributed by atoms with Crippen molar-refractivity contribution < 1.29 is 5.21 Å². The molecule has 0 saturated carbocycles. The largest absolute Gasteiger partial charge is 0.411 e. The van der Waals surface area contributed by atoms with Gasteiger partial charge in [-0.2, -0.15) is 0 Å². The number of nitrogens with zero attached hydrogens (tertiary/aromatic N) is 2. The second-order valence-electron chi connectivity index (χ2n) is 6.48. The Hall–Kier alpha value is -2.46. The van der Waals surface area contributed by atoms with Crippen LogP contribution in [0.5, 0.6) is 0 Å². The van der Waals surface area contributed by atoms with Crippen LogP contribution in [0.2, 0.25) is 0 Å².